The number of hydrogen-bond donors (Lipinski definition) is 0. The van der Waals surface area contributed by atoms with Gasteiger partial charge in [0.15, 0.2) is 0 Å². The maximum atomic E-state index is 2.43. The second-order valence-electron chi connectivity index (χ2n) is 4.24. The fourth-order valence-electron chi connectivity index (χ4n) is 1.71. The van der Waals surface area contributed by atoms with Crippen molar-refractivity contribution < 1.29 is 0 Å². The number of aryl methyl sites for hydroxylation is 1. The summed E-state index contributed by atoms with van der Waals surface area (Å²) in [5.74, 6) is 1.25. The summed E-state index contributed by atoms with van der Waals surface area (Å²) in [6.45, 7) is 2.44. The number of benzene rings is 1. The molecule has 0 saturated heterocycles. The van der Waals surface area contributed by atoms with E-state index in [-0.39, 0.29) is 0 Å². The SMILES string of the molecule is CSCCN(C)CCCCc1ccccc1. The molecule has 2 heteroatoms. The molecular weight excluding hydrogens is 214 g/mol. The number of rotatable bonds is 8. The molecule has 0 aliphatic carbocycles. The van der Waals surface area contributed by atoms with Crippen molar-refractivity contribution in [2.75, 3.05) is 32.1 Å². The lowest BCUT2D eigenvalue weighted by atomic mass is 10.1. The maximum Gasteiger partial charge on any atom is 0.00692 e. The van der Waals surface area contributed by atoms with Crippen molar-refractivity contribution in [1.82, 2.24) is 4.90 Å². The molecule has 0 N–H and O–H groups in total. The van der Waals surface area contributed by atoms with Gasteiger partial charge in [0.05, 0.1) is 0 Å². The second-order valence-corrected chi connectivity index (χ2v) is 5.22. The minimum Gasteiger partial charge on any atom is -0.306 e. The molecule has 0 heterocycles. The van der Waals surface area contributed by atoms with Crippen molar-refractivity contribution in [2.45, 2.75) is 19.3 Å². The summed E-state index contributed by atoms with van der Waals surface area (Å²) in [5.41, 5.74) is 1.47. The van der Waals surface area contributed by atoms with Crippen LogP contribution >= 0.6 is 11.8 Å². The number of hydrogen-bond acceptors (Lipinski definition) is 2. The highest BCUT2D eigenvalue weighted by Gasteiger charge is 1.97. The van der Waals surface area contributed by atoms with Crippen LogP contribution in [0.3, 0.4) is 0 Å². The Bertz CT molecular complexity index is 261. The highest BCUT2D eigenvalue weighted by atomic mass is 32.2. The van der Waals surface area contributed by atoms with Gasteiger partial charge in [-0.1, -0.05) is 30.3 Å². The Morgan fingerprint density at radius 1 is 1.06 bits per heavy atom. The molecule has 0 saturated carbocycles. The Labute approximate surface area is 104 Å². The van der Waals surface area contributed by atoms with Gasteiger partial charge >= 0.3 is 0 Å². The molecule has 0 fully saturated rings. The number of unbranched alkanes of at least 4 members (excludes halogenated alkanes) is 1. The van der Waals surface area contributed by atoms with E-state index in [0.29, 0.717) is 0 Å². The van der Waals surface area contributed by atoms with Crippen LogP contribution in [0.2, 0.25) is 0 Å². The first-order valence-corrected chi connectivity index (χ1v) is 7.43. The molecule has 0 aliphatic heterocycles. The van der Waals surface area contributed by atoms with Crippen molar-refractivity contribution in [2.24, 2.45) is 0 Å². The molecule has 0 aromatic heterocycles. The fraction of sp³-hybridized carbons (Fsp3) is 0.571. The van der Waals surface area contributed by atoms with Crippen LogP contribution in [-0.2, 0) is 6.42 Å². The van der Waals surface area contributed by atoms with Crippen molar-refractivity contribution in [3.8, 4) is 0 Å². The quantitative estimate of drug-likeness (QED) is 0.638. The summed E-state index contributed by atoms with van der Waals surface area (Å²) in [6, 6.07) is 10.8. The third-order valence-corrected chi connectivity index (χ3v) is 3.37. The summed E-state index contributed by atoms with van der Waals surface area (Å²) < 4.78 is 0. The van der Waals surface area contributed by atoms with Gasteiger partial charge in [-0.15, -0.1) is 0 Å². The Kier molecular flexibility index (Phi) is 7.35. The highest BCUT2D eigenvalue weighted by Crippen LogP contribution is 2.05. The lowest BCUT2D eigenvalue weighted by molar-refractivity contribution is 0.346. The van der Waals surface area contributed by atoms with Gasteiger partial charge in [-0.2, -0.15) is 11.8 Å². The van der Waals surface area contributed by atoms with E-state index in [4.69, 9.17) is 0 Å². The summed E-state index contributed by atoms with van der Waals surface area (Å²) in [5, 5.41) is 0. The van der Waals surface area contributed by atoms with E-state index in [1.807, 2.05) is 11.8 Å². The van der Waals surface area contributed by atoms with Crippen LogP contribution in [-0.4, -0.2) is 37.0 Å². The van der Waals surface area contributed by atoms with Crippen molar-refractivity contribution in [3.63, 3.8) is 0 Å². The highest BCUT2D eigenvalue weighted by molar-refractivity contribution is 7.98. The number of nitrogens with zero attached hydrogens (tertiary/aromatic N) is 1. The van der Waals surface area contributed by atoms with E-state index >= 15 is 0 Å². The van der Waals surface area contributed by atoms with Crippen LogP contribution in [0.5, 0.6) is 0 Å². The maximum absolute atomic E-state index is 2.43. The molecule has 1 aromatic carbocycles. The standard InChI is InChI=1S/C14H23NS/c1-15(12-13-16-2)11-7-6-10-14-8-4-3-5-9-14/h3-5,8-9H,6-7,10-13H2,1-2H3. The Morgan fingerprint density at radius 3 is 2.50 bits per heavy atom. The van der Waals surface area contributed by atoms with Gasteiger partial charge in [0.1, 0.15) is 0 Å². The monoisotopic (exact) mass is 237 g/mol. The molecule has 0 bridgehead atoms. The first kappa shape index (κ1) is 13.6. The van der Waals surface area contributed by atoms with E-state index in [1.165, 1.54) is 43.7 Å². The smallest absolute Gasteiger partial charge is 0.00692 e. The average molecular weight is 237 g/mol. The van der Waals surface area contributed by atoms with Gasteiger partial charge in [0.2, 0.25) is 0 Å². The van der Waals surface area contributed by atoms with E-state index in [9.17, 15) is 0 Å². The topological polar surface area (TPSA) is 3.24 Å². The van der Waals surface area contributed by atoms with Crippen LogP contribution in [0.25, 0.3) is 0 Å². The first-order valence-electron chi connectivity index (χ1n) is 6.04. The van der Waals surface area contributed by atoms with Gasteiger partial charge in [-0.05, 0) is 44.7 Å². The molecule has 1 nitrogen and oxygen atoms in total. The third-order valence-electron chi connectivity index (χ3n) is 2.78. The van der Waals surface area contributed by atoms with E-state index in [0.717, 1.165) is 0 Å². The second kappa shape index (κ2) is 8.66. The summed E-state index contributed by atoms with van der Waals surface area (Å²) in [7, 11) is 2.22. The lowest BCUT2D eigenvalue weighted by Gasteiger charge is -2.15. The van der Waals surface area contributed by atoms with E-state index < -0.39 is 0 Å². The average Bonchev–Trinajstić information content (AvgIpc) is 2.33. The summed E-state index contributed by atoms with van der Waals surface area (Å²) in [4.78, 5) is 2.43. The Morgan fingerprint density at radius 2 is 1.81 bits per heavy atom. The Hall–Kier alpha value is -0.470. The summed E-state index contributed by atoms with van der Waals surface area (Å²) >= 11 is 1.92. The largest absolute Gasteiger partial charge is 0.306 e. The third kappa shape index (κ3) is 6.19. The molecule has 16 heavy (non-hydrogen) atoms. The minimum absolute atomic E-state index is 1.21. The molecular formula is C14H23NS. The number of thioether (sulfide) groups is 1. The molecule has 0 atom stereocenters. The summed E-state index contributed by atoms with van der Waals surface area (Å²) in [6.07, 6.45) is 5.99. The molecule has 1 aromatic rings. The predicted molar refractivity (Wildman–Crippen MR) is 75.3 cm³/mol. The van der Waals surface area contributed by atoms with Crippen molar-refractivity contribution in [1.29, 1.82) is 0 Å². The van der Waals surface area contributed by atoms with E-state index in [1.54, 1.807) is 0 Å². The van der Waals surface area contributed by atoms with Gasteiger partial charge < -0.3 is 4.90 Å². The Balaban J connectivity index is 2.03. The van der Waals surface area contributed by atoms with Gasteiger partial charge in [0.25, 0.3) is 0 Å². The predicted octanol–water partition coefficient (Wildman–Crippen LogP) is 3.30. The van der Waals surface area contributed by atoms with Gasteiger partial charge in [0, 0.05) is 12.3 Å². The van der Waals surface area contributed by atoms with Gasteiger partial charge in [-0.3, -0.25) is 0 Å². The van der Waals surface area contributed by atoms with E-state index in [2.05, 4.69) is 48.5 Å². The van der Waals surface area contributed by atoms with Crippen LogP contribution < -0.4 is 0 Å². The first-order chi connectivity index (χ1) is 7.83. The molecule has 0 amide bonds. The zero-order chi connectivity index (χ0) is 11.6. The molecule has 1 rings (SSSR count). The van der Waals surface area contributed by atoms with Crippen LogP contribution in [0.1, 0.15) is 18.4 Å². The zero-order valence-electron chi connectivity index (χ0n) is 10.5. The molecule has 0 radical (unpaired) electrons. The molecule has 0 spiro atoms. The van der Waals surface area contributed by atoms with Crippen molar-refractivity contribution in [3.05, 3.63) is 35.9 Å². The normalized spacial score (nSPS) is 10.9. The van der Waals surface area contributed by atoms with Crippen LogP contribution in [0.15, 0.2) is 30.3 Å². The molecule has 0 aliphatic rings. The lowest BCUT2D eigenvalue weighted by Crippen LogP contribution is -2.22. The van der Waals surface area contributed by atoms with Crippen LogP contribution in [0.4, 0.5) is 0 Å². The minimum atomic E-state index is 1.21. The van der Waals surface area contributed by atoms with Crippen molar-refractivity contribution >= 4 is 11.8 Å². The van der Waals surface area contributed by atoms with Crippen LogP contribution in [0, 0.1) is 0 Å². The van der Waals surface area contributed by atoms with Gasteiger partial charge in [-0.25, -0.2) is 0 Å². The molecule has 90 valence electrons. The fourth-order valence-corrected chi connectivity index (χ4v) is 2.21. The zero-order valence-corrected chi connectivity index (χ0v) is 11.3. The molecule has 0 unspecified atom stereocenters.